The van der Waals surface area contributed by atoms with Crippen molar-refractivity contribution in [2.45, 2.75) is 63.5 Å². The van der Waals surface area contributed by atoms with Crippen LogP contribution in [0.15, 0.2) is 6.20 Å². The molecule has 0 N–H and O–H groups in total. The van der Waals surface area contributed by atoms with Gasteiger partial charge in [0.1, 0.15) is 0 Å². The second kappa shape index (κ2) is 4.86. The first-order chi connectivity index (χ1) is 9.81. The Morgan fingerprint density at radius 2 is 1.95 bits per heavy atom. The summed E-state index contributed by atoms with van der Waals surface area (Å²) in [6.07, 6.45) is 11.8. The molecule has 1 saturated heterocycles. The van der Waals surface area contributed by atoms with E-state index in [9.17, 15) is 4.79 Å². The fraction of sp³-hybridized carbons (Fsp3) is 0.800. The molecule has 108 valence electrons. The van der Waals surface area contributed by atoms with Crippen LogP contribution < -0.4 is 0 Å². The van der Waals surface area contributed by atoms with Crippen molar-refractivity contribution in [2.75, 3.05) is 6.54 Å². The fourth-order valence-corrected chi connectivity index (χ4v) is 4.22. The Bertz CT molecular complexity index is 506. The van der Waals surface area contributed by atoms with E-state index in [-0.39, 0.29) is 5.91 Å². The molecule has 2 heterocycles. The first kappa shape index (κ1) is 12.4. The zero-order valence-electron chi connectivity index (χ0n) is 11.9. The maximum Gasteiger partial charge on any atom is 0.276 e. The number of fused-ring (bicyclic) bond motifs is 2. The maximum absolute atomic E-state index is 12.5. The molecule has 0 unspecified atom stereocenters. The van der Waals surface area contributed by atoms with Crippen molar-refractivity contribution in [1.29, 1.82) is 0 Å². The summed E-state index contributed by atoms with van der Waals surface area (Å²) in [5, 5.41) is 8.35. The van der Waals surface area contributed by atoms with Gasteiger partial charge in [0.2, 0.25) is 0 Å². The summed E-state index contributed by atoms with van der Waals surface area (Å²) in [7, 11) is 0. The molecule has 1 aromatic rings. The number of likely N-dealkylation sites (tertiary alicyclic amines) is 1. The van der Waals surface area contributed by atoms with Crippen molar-refractivity contribution in [3.63, 3.8) is 0 Å². The number of carbonyl (C=O) groups excluding carboxylic acids is 1. The van der Waals surface area contributed by atoms with Gasteiger partial charge in [0.05, 0.1) is 12.2 Å². The fourth-order valence-electron chi connectivity index (χ4n) is 4.22. The molecule has 0 spiro atoms. The third kappa shape index (κ3) is 2.03. The van der Waals surface area contributed by atoms with Gasteiger partial charge in [0.15, 0.2) is 5.69 Å². The van der Waals surface area contributed by atoms with Gasteiger partial charge in [0.25, 0.3) is 5.91 Å². The predicted molar refractivity (Wildman–Crippen MR) is 74.3 cm³/mol. The summed E-state index contributed by atoms with van der Waals surface area (Å²) in [5.74, 6) is 0.830. The smallest absolute Gasteiger partial charge is 0.276 e. The number of amides is 1. The Labute approximate surface area is 119 Å². The summed E-state index contributed by atoms with van der Waals surface area (Å²) < 4.78 is 1.93. The summed E-state index contributed by atoms with van der Waals surface area (Å²) in [4.78, 5) is 14.6. The zero-order chi connectivity index (χ0) is 13.5. The molecule has 4 rings (SSSR count). The lowest BCUT2D eigenvalue weighted by atomic mass is 9.96. The van der Waals surface area contributed by atoms with E-state index >= 15 is 0 Å². The monoisotopic (exact) mass is 274 g/mol. The largest absolute Gasteiger partial charge is 0.334 e. The van der Waals surface area contributed by atoms with Gasteiger partial charge in [-0.15, -0.1) is 5.10 Å². The predicted octanol–water partition coefficient (Wildman–Crippen LogP) is 2.41. The van der Waals surface area contributed by atoms with Gasteiger partial charge in [-0.2, -0.15) is 0 Å². The Balaban J connectivity index is 1.48. The van der Waals surface area contributed by atoms with E-state index in [1.807, 2.05) is 15.8 Å². The summed E-state index contributed by atoms with van der Waals surface area (Å²) in [6, 6.07) is 0.917. The van der Waals surface area contributed by atoms with Crippen LogP contribution in [0.1, 0.15) is 67.9 Å². The van der Waals surface area contributed by atoms with Crippen LogP contribution in [0.2, 0.25) is 0 Å². The van der Waals surface area contributed by atoms with Gasteiger partial charge in [-0.25, -0.2) is 4.68 Å². The van der Waals surface area contributed by atoms with Gasteiger partial charge in [-0.3, -0.25) is 4.79 Å². The maximum atomic E-state index is 12.5. The van der Waals surface area contributed by atoms with Gasteiger partial charge >= 0.3 is 0 Å². The highest BCUT2D eigenvalue weighted by Crippen LogP contribution is 2.38. The Morgan fingerprint density at radius 1 is 1.10 bits per heavy atom. The standard InChI is InChI=1S/C15H22N4O/c20-15(18-9-11-6-7-13(18)8-11)14-10-19(17-16-14)12-4-2-1-3-5-12/h10-13H,1-9H2/t11-,13-/m0/s1. The van der Waals surface area contributed by atoms with E-state index < -0.39 is 0 Å². The van der Waals surface area contributed by atoms with Crippen LogP contribution in [-0.4, -0.2) is 38.4 Å². The lowest BCUT2D eigenvalue weighted by Gasteiger charge is -2.26. The van der Waals surface area contributed by atoms with Crippen LogP contribution in [0.4, 0.5) is 0 Å². The molecule has 1 amide bonds. The van der Waals surface area contributed by atoms with Crippen molar-refractivity contribution >= 4 is 5.91 Å². The van der Waals surface area contributed by atoms with Gasteiger partial charge in [-0.1, -0.05) is 24.5 Å². The number of rotatable bonds is 2. The minimum Gasteiger partial charge on any atom is -0.334 e. The van der Waals surface area contributed by atoms with Gasteiger partial charge < -0.3 is 4.90 Å². The first-order valence-corrected chi connectivity index (χ1v) is 8.04. The third-order valence-corrected chi connectivity index (χ3v) is 5.35. The molecule has 1 aromatic heterocycles. The highest BCUT2D eigenvalue weighted by molar-refractivity contribution is 5.92. The molecular weight excluding hydrogens is 252 g/mol. The van der Waals surface area contributed by atoms with Crippen molar-refractivity contribution in [3.8, 4) is 0 Å². The van der Waals surface area contributed by atoms with E-state index in [2.05, 4.69) is 10.3 Å². The van der Waals surface area contributed by atoms with Crippen LogP contribution >= 0.6 is 0 Å². The Kier molecular flexibility index (Phi) is 3.00. The highest BCUT2D eigenvalue weighted by Gasteiger charge is 2.41. The van der Waals surface area contributed by atoms with Crippen LogP contribution in [0.25, 0.3) is 0 Å². The van der Waals surface area contributed by atoms with Crippen molar-refractivity contribution in [3.05, 3.63) is 11.9 Å². The topological polar surface area (TPSA) is 51.0 Å². The second-order valence-electron chi connectivity index (χ2n) is 6.67. The van der Waals surface area contributed by atoms with Crippen LogP contribution in [0.5, 0.6) is 0 Å². The SMILES string of the molecule is O=C(c1cn(C2CCCCC2)nn1)N1C[C@H]2CC[C@H]1C2. The van der Waals surface area contributed by atoms with Crippen molar-refractivity contribution < 1.29 is 4.79 Å². The van der Waals surface area contributed by atoms with Crippen molar-refractivity contribution in [1.82, 2.24) is 19.9 Å². The van der Waals surface area contributed by atoms with E-state index in [1.54, 1.807) is 0 Å². The molecule has 2 bridgehead atoms. The molecule has 2 atom stereocenters. The molecule has 2 aliphatic carbocycles. The zero-order valence-corrected chi connectivity index (χ0v) is 11.9. The lowest BCUT2D eigenvalue weighted by molar-refractivity contribution is 0.0697. The second-order valence-corrected chi connectivity index (χ2v) is 6.67. The number of hydrogen-bond donors (Lipinski definition) is 0. The number of nitrogens with zero attached hydrogens (tertiary/aromatic N) is 4. The minimum atomic E-state index is 0.0965. The lowest BCUT2D eigenvalue weighted by Crippen LogP contribution is -2.37. The molecule has 0 radical (unpaired) electrons. The third-order valence-electron chi connectivity index (χ3n) is 5.35. The number of hydrogen-bond acceptors (Lipinski definition) is 3. The van der Waals surface area contributed by atoms with Crippen LogP contribution in [0, 0.1) is 5.92 Å². The minimum absolute atomic E-state index is 0.0965. The quantitative estimate of drug-likeness (QED) is 0.832. The van der Waals surface area contributed by atoms with E-state index in [0.717, 1.165) is 12.5 Å². The van der Waals surface area contributed by atoms with E-state index in [1.165, 1.54) is 51.4 Å². The summed E-state index contributed by atoms with van der Waals surface area (Å²) in [5.41, 5.74) is 0.545. The average Bonchev–Trinajstić information content (AvgIpc) is 3.23. The van der Waals surface area contributed by atoms with Crippen LogP contribution in [0.3, 0.4) is 0 Å². The van der Waals surface area contributed by atoms with E-state index in [4.69, 9.17) is 0 Å². The molecule has 0 aromatic carbocycles. The number of aromatic nitrogens is 3. The van der Waals surface area contributed by atoms with Crippen molar-refractivity contribution in [2.24, 2.45) is 5.92 Å². The normalized spacial score (nSPS) is 30.1. The number of piperidine rings is 1. The molecule has 5 heteroatoms. The number of carbonyl (C=O) groups is 1. The summed E-state index contributed by atoms with van der Waals surface area (Å²) >= 11 is 0. The molecule has 5 nitrogen and oxygen atoms in total. The van der Waals surface area contributed by atoms with E-state index in [0.29, 0.717) is 17.8 Å². The van der Waals surface area contributed by atoms with Gasteiger partial charge in [0, 0.05) is 12.6 Å². The molecule has 2 saturated carbocycles. The average molecular weight is 274 g/mol. The van der Waals surface area contributed by atoms with Gasteiger partial charge in [-0.05, 0) is 38.0 Å². The molecular formula is C15H22N4O. The van der Waals surface area contributed by atoms with Crippen LogP contribution in [-0.2, 0) is 0 Å². The summed E-state index contributed by atoms with van der Waals surface area (Å²) in [6.45, 7) is 0.930. The molecule has 1 aliphatic heterocycles. The first-order valence-electron chi connectivity index (χ1n) is 8.04. The molecule has 20 heavy (non-hydrogen) atoms. The molecule has 3 fully saturated rings. The Hall–Kier alpha value is -1.39. The Morgan fingerprint density at radius 3 is 2.65 bits per heavy atom. The highest BCUT2D eigenvalue weighted by atomic mass is 16.2. The molecule has 3 aliphatic rings.